The zero-order chi connectivity index (χ0) is 20.8. The van der Waals surface area contributed by atoms with E-state index in [9.17, 15) is 26.4 Å². The Balaban J connectivity index is 1.75. The minimum Gasteiger partial charge on any atom is -0.368 e. The number of carbonyl (C=O) groups is 1. The SMILES string of the molecule is CCS(=O)(=O)NCCCNC(=O)N1CCN(c2cccc(C(F)(F)F)c2)CC1. The van der Waals surface area contributed by atoms with Gasteiger partial charge < -0.3 is 15.1 Å². The Morgan fingerprint density at radius 1 is 1.14 bits per heavy atom. The maximum atomic E-state index is 12.8. The molecule has 28 heavy (non-hydrogen) atoms. The van der Waals surface area contributed by atoms with Gasteiger partial charge in [0.15, 0.2) is 0 Å². The largest absolute Gasteiger partial charge is 0.416 e. The maximum Gasteiger partial charge on any atom is 0.416 e. The van der Waals surface area contributed by atoms with Gasteiger partial charge in [0, 0.05) is 45.0 Å². The van der Waals surface area contributed by atoms with E-state index in [1.54, 1.807) is 17.9 Å². The van der Waals surface area contributed by atoms with Crippen molar-refractivity contribution in [3.63, 3.8) is 0 Å². The summed E-state index contributed by atoms with van der Waals surface area (Å²) in [5.41, 5.74) is -0.207. The summed E-state index contributed by atoms with van der Waals surface area (Å²) in [6.45, 7) is 3.78. The van der Waals surface area contributed by atoms with Crippen LogP contribution in [0.5, 0.6) is 0 Å². The summed E-state index contributed by atoms with van der Waals surface area (Å²) < 4.78 is 63.5. The lowest BCUT2D eigenvalue weighted by molar-refractivity contribution is -0.137. The summed E-state index contributed by atoms with van der Waals surface area (Å²) in [6.07, 6.45) is -3.92. The molecule has 1 aromatic carbocycles. The van der Waals surface area contributed by atoms with Crippen molar-refractivity contribution in [1.82, 2.24) is 14.9 Å². The van der Waals surface area contributed by atoms with Gasteiger partial charge in [-0.05, 0) is 31.5 Å². The van der Waals surface area contributed by atoms with Crippen LogP contribution in [0.1, 0.15) is 18.9 Å². The van der Waals surface area contributed by atoms with Crippen molar-refractivity contribution in [3.05, 3.63) is 29.8 Å². The first-order valence-electron chi connectivity index (χ1n) is 9.04. The minimum atomic E-state index is -4.39. The topological polar surface area (TPSA) is 81.8 Å². The van der Waals surface area contributed by atoms with Crippen LogP contribution in [0.4, 0.5) is 23.7 Å². The summed E-state index contributed by atoms with van der Waals surface area (Å²) >= 11 is 0. The molecule has 11 heteroatoms. The van der Waals surface area contributed by atoms with Crippen LogP contribution < -0.4 is 14.9 Å². The fourth-order valence-corrected chi connectivity index (χ4v) is 3.43. The van der Waals surface area contributed by atoms with Gasteiger partial charge in [0.2, 0.25) is 10.0 Å². The summed E-state index contributed by atoms with van der Waals surface area (Å²) in [7, 11) is -3.23. The number of urea groups is 1. The lowest BCUT2D eigenvalue weighted by atomic mass is 10.1. The van der Waals surface area contributed by atoms with Crippen LogP contribution >= 0.6 is 0 Å². The number of benzene rings is 1. The van der Waals surface area contributed by atoms with E-state index in [2.05, 4.69) is 10.0 Å². The number of alkyl halides is 3. The molecule has 1 heterocycles. The lowest BCUT2D eigenvalue weighted by Gasteiger charge is -2.36. The number of nitrogens with one attached hydrogen (secondary N) is 2. The first kappa shape index (κ1) is 22.3. The average Bonchev–Trinajstić information content (AvgIpc) is 2.67. The third-order valence-electron chi connectivity index (χ3n) is 4.44. The summed E-state index contributed by atoms with van der Waals surface area (Å²) in [5.74, 6) is 0.00944. The van der Waals surface area contributed by atoms with Gasteiger partial charge in [0.25, 0.3) is 0 Å². The highest BCUT2D eigenvalue weighted by Gasteiger charge is 2.31. The van der Waals surface area contributed by atoms with Crippen molar-refractivity contribution >= 4 is 21.7 Å². The van der Waals surface area contributed by atoms with Crippen molar-refractivity contribution in [2.45, 2.75) is 19.5 Å². The monoisotopic (exact) mass is 422 g/mol. The van der Waals surface area contributed by atoms with Crippen LogP contribution in [-0.4, -0.2) is 64.4 Å². The molecule has 0 saturated carbocycles. The Hall–Kier alpha value is -2.01. The van der Waals surface area contributed by atoms with E-state index in [0.717, 1.165) is 12.1 Å². The first-order valence-corrected chi connectivity index (χ1v) is 10.7. The molecule has 0 aliphatic carbocycles. The molecule has 2 N–H and O–H groups in total. The number of halogens is 3. The summed E-state index contributed by atoms with van der Waals surface area (Å²) in [5, 5.41) is 2.73. The van der Waals surface area contributed by atoms with Gasteiger partial charge in [-0.15, -0.1) is 0 Å². The molecule has 0 unspecified atom stereocenters. The highest BCUT2D eigenvalue weighted by atomic mass is 32.2. The Kier molecular flexibility index (Phi) is 7.53. The third kappa shape index (κ3) is 6.55. The molecule has 1 fully saturated rings. The summed E-state index contributed by atoms with van der Waals surface area (Å²) in [4.78, 5) is 15.6. The van der Waals surface area contributed by atoms with Crippen LogP contribution in [0.3, 0.4) is 0 Å². The molecule has 158 valence electrons. The van der Waals surface area contributed by atoms with Crippen molar-refractivity contribution < 1.29 is 26.4 Å². The molecule has 1 aliphatic heterocycles. The first-order chi connectivity index (χ1) is 13.1. The molecule has 2 rings (SSSR count). The Bertz CT molecular complexity index is 763. The molecule has 0 aromatic heterocycles. The van der Waals surface area contributed by atoms with Gasteiger partial charge >= 0.3 is 12.2 Å². The number of sulfonamides is 1. The smallest absolute Gasteiger partial charge is 0.368 e. The zero-order valence-corrected chi connectivity index (χ0v) is 16.4. The van der Waals surface area contributed by atoms with E-state index in [0.29, 0.717) is 44.8 Å². The fraction of sp³-hybridized carbons (Fsp3) is 0.588. The predicted molar refractivity (Wildman–Crippen MR) is 101 cm³/mol. The number of hydrogen-bond acceptors (Lipinski definition) is 4. The molecule has 1 saturated heterocycles. The second-order valence-corrected chi connectivity index (χ2v) is 8.50. The highest BCUT2D eigenvalue weighted by molar-refractivity contribution is 7.89. The molecule has 1 aliphatic rings. The van der Waals surface area contributed by atoms with Gasteiger partial charge in [-0.2, -0.15) is 13.2 Å². The van der Waals surface area contributed by atoms with Crippen molar-refractivity contribution in [1.29, 1.82) is 0 Å². The average molecular weight is 422 g/mol. The Labute approximate surface area is 162 Å². The number of hydrogen-bond donors (Lipinski definition) is 2. The van der Waals surface area contributed by atoms with E-state index < -0.39 is 21.8 Å². The van der Waals surface area contributed by atoms with Crippen LogP contribution in [0, 0.1) is 0 Å². The minimum absolute atomic E-state index is 0.00944. The number of piperazine rings is 1. The van der Waals surface area contributed by atoms with Gasteiger partial charge in [-0.3, -0.25) is 0 Å². The van der Waals surface area contributed by atoms with Crippen LogP contribution in [0.25, 0.3) is 0 Å². The number of rotatable bonds is 7. The zero-order valence-electron chi connectivity index (χ0n) is 15.6. The van der Waals surface area contributed by atoms with Crippen molar-refractivity contribution in [3.8, 4) is 0 Å². The second kappa shape index (κ2) is 9.46. The molecular formula is C17H25F3N4O3S. The molecule has 0 spiro atoms. The van der Waals surface area contributed by atoms with Crippen molar-refractivity contribution in [2.24, 2.45) is 0 Å². The molecule has 7 nitrogen and oxygen atoms in total. The Morgan fingerprint density at radius 3 is 2.43 bits per heavy atom. The summed E-state index contributed by atoms with van der Waals surface area (Å²) in [6, 6.07) is 4.90. The quantitative estimate of drug-likeness (QED) is 0.658. The van der Waals surface area contributed by atoms with Gasteiger partial charge in [0.1, 0.15) is 0 Å². The second-order valence-electron chi connectivity index (χ2n) is 6.41. The van der Waals surface area contributed by atoms with E-state index >= 15 is 0 Å². The van der Waals surface area contributed by atoms with Crippen LogP contribution in [0.15, 0.2) is 24.3 Å². The van der Waals surface area contributed by atoms with Crippen molar-refractivity contribution in [2.75, 3.05) is 49.9 Å². The number of amides is 2. The maximum absolute atomic E-state index is 12.8. The van der Waals surface area contributed by atoms with E-state index in [-0.39, 0.29) is 18.3 Å². The van der Waals surface area contributed by atoms with Crippen LogP contribution in [0.2, 0.25) is 0 Å². The number of nitrogens with zero attached hydrogens (tertiary/aromatic N) is 2. The van der Waals surface area contributed by atoms with Crippen LogP contribution in [-0.2, 0) is 16.2 Å². The lowest BCUT2D eigenvalue weighted by Crippen LogP contribution is -2.52. The molecule has 0 bridgehead atoms. The molecule has 0 atom stereocenters. The van der Waals surface area contributed by atoms with E-state index in [1.807, 2.05) is 4.90 Å². The third-order valence-corrected chi connectivity index (χ3v) is 5.84. The van der Waals surface area contributed by atoms with Gasteiger partial charge in [-0.25, -0.2) is 17.9 Å². The van der Waals surface area contributed by atoms with Gasteiger partial charge in [0.05, 0.1) is 11.3 Å². The number of carbonyl (C=O) groups excluding carboxylic acids is 1. The van der Waals surface area contributed by atoms with E-state index in [1.165, 1.54) is 6.07 Å². The van der Waals surface area contributed by atoms with E-state index in [4.69, 9.17) is 0 Å². The van der Waals surface area contributed by atoms with Gasteiger partial charge in [-0.1, -0.05) is 6.07 Å². The normalized spacial score (nSPS) is 15.6. The molecular weight excluding hydrogens is 397 g/mol. The predicted octanol–water partition coefficient (Wildman–Crippen LogP) is 1.87. The Morgan fingerprint density at radius 2 is 1.82 bits per heavy atom. The molecule has 0 radical (unpaired) electrons. The number of anilines is 1. The standard InChI is InChI=1S/C17H25F3N4O3S/c1-2-28(26,27)22-8-4-7-21-16(25)24-11-9-23(10-12-24)15-6-3-5-14(13-15)17(18,19)20/h3,5-6,13,22H,2,4,7-12H2,1H3,(H,21,25). The highest BCUT2D eigenvalue weighted by Crippen LogP contribution is 2.31. The molecule has 2 amide bonds. The fourth-order valence-electron chi connectivity index (χ4n) is 2.77. The molecule has 1 aromatic rings.